The molecule has 0 radical (unpaired) electrons. The van der Waals surface area contributed by atoms with Crippen LogP contribution in [0, 0.1) is 5.41 Å². The molecular weight excluding hydrogens is 436 g/mol. The van der Waals surface area contributed by atoms with Crippen molar-refractivity contribution < 1.29 is 29.0 Å². The molecular formula is C26H30N2O6. The molecule has 2 N–H and O–H groups in total. The molecule has 0 saturated carbocycles. The lowest BCUT2D eigenvalue weighted by Gasteiger charge is -2.39. The number of nitrogens with zero attached hydrogens (tertiary/aromatic N) is 1. The van der Waals surface area contributed by atoms with Crippen LogP contribution in [0.15, 0.2) is 48.5 Å². The third-order valence-corrected chi connectivity index (χ3v) is 6.81. The van der Waals surface area contributed by atoms with Crippen molar-refractivity contribution in [1.82, 2.24) is 10.2 Å². The molecule has 8 heteroatoms. The number of carboxylic acids is 1. The minimum absolute atomic E-state index is 0.0528. The van der Waals surface area contributed by atoms with Crippen molar-refractivity contribution in [1.29, 1.82) is 0 Å². The van der Waals surface area contributed by atoms with Crippen molar-refractivity contribution in [3.8, 4) is 11.1 Å². The molecule has 2 aromatic carbocycles. The molecule has 0 unspecified atom stereocenters. The van der Waals surface area contributed by atoms with Crippen molar-refractivity contribution in [2.24, 2.45) is 5.41 Å². The maximum absolute atomic E-state index is 13.3. The SMILES string of the molecule is CCN(CC(=O)O)C(=O)C1(CNC(=O)OCC2c3ccccc3-c3ccccc32)CCOCC1. The Morgan fingerprint density at radius 2 is 1.65 bits per heavy atom. The number of aliphatic carboxylic acids is 1. The van der Waals surface area contributed by atoms with Gasteiger partial charge >= 0.3 is 12.1 Å². The largest absolute Gasteiger partial charge is 0.480 e. The Bertz CT molecular complexity index is 1020. The summed E-state index contributed by atoms with van der Waals surface area (Å²) in [5.74, 6) is -1.40. The van der Waals surface area contributed by atoms with E-state index in [1.54, 1.807) is 6.92 Å². The highest BCUT2D eigenvalue weighted by molar-refractivity contribution is 5.87. The smallest absolute Gasteiger partial charge is 0.407 e. The van der Waals surface area contributed by atoms with Crippen LogP contribution >= 0.6 is 0 Å². The second kappa shape index (κ2) is 10.3. The predicted molar refractivity (Wildman–Crippen MR) is 125 cm³/mol. The second-order valence-electron chi connectivity index (χ2n) is 8.78. The summed E-state index contributed by atoms with van der Waals surface area (Å²) < 4.78 is 11.0. The first-order valence-electron chi connectivity index (χ1n) is 11.6. The number of hydrogen-bond acceptors (Lipinski definition) is 5. The van der Waals surface area contributed by atoms with Gasteiger partial charge in [-0.1, -0.05) is 48.5 Å². The molecule has 0 aromatic heterocycles. The molecule has 1 fully saturated rings. The van der Waals surface area contributed by atoms with Gasteiger partial charge in [-0.3, -0.25) is 9.59 Å². The number of ether oxygens (including phenoxy) is 2. The maximum Gasteiger partial charge on any atom is 0.407 e. The number of carbonyl (C=O) groups is 3. The zero-order valence-corrected chi connectivity index (χ0v) is 19.3. The maximum atomic E-state index is 13.3. The Balaban J connectivity index is 1.41. The highest BCUT2D eigenvalue weighted by Crippen LogP contribution is 2.44. The third-order valence-electron chi connectivity index (χ3n) is 6.81. The molecule has 1 aliphatic carbocycles. The van der Waals surface area contributed by atoms with E-state index in [2.05, 4.69) is 29.6 Å². The van der Waals surface area contributed by atoms with E-state index in [-0.39, 0.29) is 38.1 Å². The number of likely N-dealkylation sites (N-methyl/N-ethyl adjacent to an activating group) is 1. The van der Waals surface area contributed by atoms with Crippen LogP contribution in [0.25, 0.3) is 11.1 Å². The first kappa shape index (κ1) is 23.8. The number of rotatable bonds is 8. The van der Waals surface area contributed by atoms with E-state index in [1.165, 1.54) is 4.90 Å². The molecule has 2 aromatic rings. The van der Waals surface area contributed by atoms with Gasteiger partial charge in [-0.25, -0.2) is 4.79 Å². The Morgan fingerprint density at radius 3 is 2.21 bits per heavy atom. The Kier molecular flexibility index (Phi) is 7.17. The molecule has 0 atom stereocenters. The fourth-order valence-corrected chi connectivity index (χ4v) is 4.95. The lowest BCUT2D eigenvalue weighted by molar-refractivity contribution is -0.153. The summed E-state index contributed by atoms with van der Waals surface area (Å²) in [5.41, 5.74) is 3.64. The number of benzene rings is 2. The van der Waals surface area contributed by atoms with Crippen molar-refractivity contribution in [3.63, 3.8) is 0 Å². The number of fused-ring (bicyclic) bond motifs is 3. The molecule has 2 aliphatic rings. The molecule has 1 heterocycles. The highest BCUT2D eigenvalue weighted by Gasteiger charge is 2.43. The Labute approximate surface area is 198 Å². The normalized spacial score (nSPS) is 16.3. The van der Waals surface area contributed by atoms with Crippen molar-refractivity contribution >= 4 is 18.0 Å². The topological polar surface area (TPSA) is 105 Å². The summed E-state index contributed by atoms with van der Waals surface area (Å²) in [5, 5.41) is 11.9. The summed E-state index contributed by atoms with van der Waals surface area (Å²) >= 11 is 0. The van der Waals surface area contributed by atoms with Crippen LogP contribution in [-0.2, 0) is 19.1 Å². The van der Waals surface area contributed by atoms with Crippen LogP contribution in [0.4, 0.5) is 4.79 Å². The number of carbonyl (C=O) groups excluding carboxylic acids is 2. The van der Waals surface area contributed by atoms with Gasteiger partial charge in [0, 0.05) is 32.2 Å². The fraction of sp³-hybridized carbons (Fsp3) is 0.423. The van der Waals surface area contributed by atoms with E-state index < -0.39 is 17.5 Å². The van der Waals surface area contributed by atoms with E-state index in [1.807, 2.05) is 24.3 Å². The minimum atomic E-state index is -1.07. The molecule has 0 bridgehead atoms. The number of hydrogen-bond donors (Lipinski definition) is 2. The van der Waals surface area contributed by atoms with Crippen molar-refractivity contribution in [2.75, 3.05) is 39.5 Å². The molecule has 1 saturated heterocycles. The molecule has 180 valence electrons. The number of carboxylic acid groups (broad SMARTS) is 1. The number of amides is 2. The summed E-state index contributed by atoms with van der Waals surface area (Å²) in [4.78, 5) is 38.4. The molecule has 4 rings (SSSR count). The summed E-state index contributed by atoms with van der Waals surface area (Å²) in [6.45, 7) is 2.66. The monoisotopic (exact) mass is 466 g/mol. The molecule has 2 amide bonds. The zero-order valence-electron chi connectivity index (χ0n) is 19.3. The van der Waals surface area contributed by atoms with E-state index in [0.717, 1.165) is 22.3 Å². The van der Waals surface area contributed by atoms with Crippen LogP contribution in [0.5, 0.6) is 0 Å². The van der Waals surface area contributed by atoms with Gasteiger partial charge in [-0.05, 0) is 42.0 Å². The van der Waals surface area contributed by atoms with E-state index in [0.29, 0.717) is 26.1 Å². The average Bonchev–Trinajstić information content (AvgIpc) is 3.18. The highest BCUT2D eigenvalue weighted by atomic mass is 16.5. The van der Waals surface area contributed by atoms with Crippen LogP contribution in [0.2, 0.25) is 0 Å². The van der Waals surface area contributed by atoms with Crippen molar-refractivity contribution in [2.45, 2.75) is 25.7 Å². The standard InChI is InChI=1S/C26H30N2O6/c1-2-28(15-23(29)30)24(31)26(11-13-33-14-12-26)17-27-25(32)34-16-22-20-9-5-3-7-18(20)19-8-4-6-10-21(19)22/h3-10,22H,2,11-17H2,1H3,(H,27,32)(H,29,30). The molecule has 0 spiro atoms. The molecule has 8 nitrogen and oxygen atoms in total. The lowest BCUT2D eigenvalue weighted by atomic mass is 9.78. The summed E-state index contributed by atoms with van der Waals surface area (Å²) in [6, 6.07) is 16.2. The number of alkyl carbamates (subject to hydrolysis) is 1. The Hall–Kier alpha value is -3.39. The zero-order chi connectivity index (χ0) is 24.1. The quantitative estimate of drug-likeness (QED) is 0.619. The minimum Gasteiger partial charge on any atom is -0.480 e. The van der Waals surface area contributed by atoms with Gasteiger partial charge in [0.25, 0.3) is 0 Å². The average molecular weight is 467 g/mol. The Morgan fingerprint density at radius 1 is 1.06 bits per heavy atom. The van der Waals surface area contributed by atoms with Gasteiger partial charge < -0.3 is 24.8 Å². The van der Waals surface area contributed by atoms with Gasteiger partial charge in [0.15, 0.2) is 0 Å². The lowest BCUT2D eigenvalue weighted by Crippen LogP contribution is -2.53. The van der Waals surface area contributed by atoms with Crippen LogP contribution < -0.4 is 5.32 Å². The first-order chi connectivity index (χ1) is 16.4. The molecule has 34 heavy (non-hydrogen) atoms. The first-order valence-corrected chi connectivity index (χ1v) is 11.6. The van der Waals surface area contributed by atoms with E-state index >= 15 is 0 Å². The predicted octanol–water partition coefficient (Wildman–Crippen LogP) is 3.26. The van der Waals surface area contributed by atoms with Gasteiger partial charge in [0.05, 0.1) is 5.41 Å². The van der Waals surface area contributed by atoms with Crippen molar-refractivity contribution in [3.05, 3.63) is 59.7 Å². The van der Waals surface area contributed by atoms with E-state index in [4.69, 9.17) is 14.6 Å². The van der Waals surface area contributed by atoms with Gasteiger partial charge in [-0.15, -0.1) is 0 Å². The van der Waals surface area contributed by atoms with E-state index in [9.17, 15) is 14.4 Å². The van der Waals surface area contributed by atoms with Crippen LogP contribution in [0.1, 0.15) is 36.8 Å². The van der Waals surface area contributed by atoms with Gasteiger partial charge in [-0.2, -0.15) is 0 Å². The van der Waals surface area contributed by atoms with Crippen LogP contribution in [0.3, 0.4) is 0 Å². The second-order valence-corrected chi connectivity index (χ2v) is 8.78. The summed E-state index contributed by atoms with van der Waals surface area (Å²) in [6.07, 6.45) is 0.221. The summed E-state index contributed by atoms with van der Waals surface area (Å²) in [7, 11) is 0. The molecule has 1 aliphatic heterocycles. The third kappa shape index (κ3) is 4.77. The fourth-order valence-electron chi connectivity index (χ4n) is 4.95. The van der Waals surface area contributed by atoms with Crippen LogP contribution in [-0.4, -0.2) is 67.4 Å². The number of nitrogens with one attached hydrogen (secondary N) is 1. The van der Waals surface area contributed by atoms with Gasteiger partial charge in [0.2, 0.25) is 5.91 Å². The van der Waals surface area contributed by atoms with Gasteiger partial charge in [0.1, 0.15) is 13.2 Å².